The van der Waals surface area contributed by atoms with Gasteiger partial charge < -0.3 is 9.47 Å². The summed E-state index contributed by atoms with van der Waals surface area (Å²) in [4.78, 5) is 19.8. The van der Waals surface area contributed by atoms with Crippen LogP contribution in [0.15, 0.2) is 42.5 Å². The summed E-state index contributed by atoms with van der Waals surface area (Å²) in [5, 5.41) is 1.16. The molecule has 1 amide bonds. The number of aromatic nitrogens is 2. The van der Waals surface area contributed by atoms with E-state index in [4.69, 9.17) is 28.2 Å². The minimum absolute atomic E-state index is 0.0628. The Labute approximate surface area is 176 Å². The van der Waals surface area contributed by atoms with Crippen molar-refractivity contribution in [2.75, 3.05) is 6.54 Å². The fourth-order valence-corrected chi connectivity index (χ4v) is 3.70. The highest BCUT2D eigenvalue weighted by molar-refractivity contribution is 6.33. The molecule has 0 spiro atoms. The predicted octanol–water partition coefficient (Wildman–Crippen LogP) is 6.20. The molecule has 1 aromatic heterocycles. The maximum absolute atomic E-state index is 13.2. The van der Waals surface area contributed by atoms with E-state index in [0.717, 1.165) is 42.7 Å². The number of fused-ring (bicyclic) bond motifs is 1. The molecule has 0 N–H and O–H groups in total. The van der Waals surface area contributed by atoms with Crippen LogP contribution in [0, 0.1) is 0 Å². The number of rotatable bonds is 8. The zero-order chi connectivity index (χ0) is 20.1. The van der Waals surface area contributed by atoms with Gasteiger partial charge in [-0.1, -0.05) is 55.6 Å². The summed E-state index contributed by atoms with van der Waals surface area (Å²) in [6.45, 7) is 6.18. The van der Waals surface area contributed by atoms with Crippen molar-refractivity contribution in [3.05, 3.63) is 63.9 Å². The summed E-state index contributed by atoms with van der Waals surface area (Å²) in [7, 11) is 0. The van der Waals surface area contributed by atoms with E-state index in [1.165, 1.54) is 0 Å². The molecule has 0 fully saturated rings. The monoisotopic (exact) mass is 417 g/mol. The number of carbonyl (C=O) groups is 1. The van der Waals surface area contributed by atoms with Gasteiger partial charge in [0.2, 0.25) is 0 Å². The van der Waals surface area contributed by atoms with Gasteiger partial charge in [-0.05, 0) is 43.2 Å². The van der Waals surface area contributed by atoms with Gasteiger partial charge in [0, 0.05) is 18.1 Å². The average molecular weight is 418 g/mol. The van der Waals surface area contributed by atoms with Crippen molar-refractivity contribution < 1.29 is 4.79 Å². The topological polar surface area (TPSA) is 38.1 Å². The lowest BCUT2D eigenvalue weighted by Crippen LogP contribution is -2.33. The summed E-state index contributed by atoms with van der Waals surface area (Å²) in [5.74, 6) is 0.808. The lowest BCUT2D eigenvalue weighted by Gasteiger charge is -2.23. The van der Waals surface area contributed by atoms with Gasteiger partial charge in [0.25, 0.3) is 5.91 Å². The van der Waals surface area contributed by atoms with Gasteiger partial charge in [0.05, 0.1) is 28.2 Å². The standard InChI is InChI=1S/C22H25Cl2N3O/c1-3-5-13-26(22(28)17-8-6-7-9-18(17)24)15-21-25-19-11-10-16(23)14-20(19)27(21)12-4-2/h6-11,14H,3-5,12-13,15H2,1-2H3. The minimum atomic E-state index is -0.0628. The Hall–Kier alpha value is -2.04. The highest BCUT2D eigenvalue weighted by atomic mass is 35.5. The highest BCUT2D eigenvalue weighted by Crippen LogP contribution is 2.24. The maximum atomic E-state index is 13.2. The first-order chi connectivity index (χ1) is 13.5. The summed E-state index contributed by atoms with van der Waals surface area (Å²) >= 11 is 12.5. The first-order valence-corrected chi connectivity index (χ1v) is 10.5. The van der Waals surface area contributed by atoms with Gasteiger partial charge in [0.1, 0.15) is 5.82 Å². The van der Waals surface area contributed by atoms with Crippen LogP contribution < -0.4 is 0 Å². The molecule has 1 heterocycles. The second-order valence-corrected chi connectivity index (χ2v) is 7.72. The van der Waals surface area contributed by atoms with Crippen LogP contribution in [-0.4, -0.2) is 26.9 Å². The number of hydrogen-bond acceptors (Lipinski definition) is 2. The Bertz CT molecular complexity index is 968. The van der Waals surface area contributed by atoms with Gasteiger partial charge in [0.15, 0.2) is 0 Å². The molecule has 3 rings (SSSR count). The number of aryl methyl sites for hydroxylation is 1. The van der Waals surface area contributed by atoms with Gasteiger partial charge >= 0.3 is 0 Å². The van der Waals surface area contributed by atoms with E-state index in [-0.39, 0.29) is 5.91 Å². The van der Waals surface area contributed by atoms with E-state index in [0.29, 0.717) is 28.7 Å². The van der Waals surface area contributed by atoms with E-state index in [1.54, 1.807) is 12.1 Å². The van der Waals surface area contributed by atoms with Gasteiger partial charge in [-0.15, -0.1) is 0 Å². The summed E-state index contributed by atoms with van der Waals surface area (Å²) < 4.78 is 2.17. The van der Waals surface area contributed by atoms with Crippen molar-refractivity contribution in [1.29, 1.82) is 0 Å². The van der Waals surface area contributed by atoms with Crippen LogP contribution in [0.25, 0.3) is 11.0 Å². The molecule has 0 radical (unpaired) electrons. The molecule has 4 nitrogen and oxygen atoms in total. The van der Waals surface area contributed by atoms with Crippen molar-refractivity contribution in [2.45, 2.75) is 46.2 Å². The molecule has 0 saturated carbocycles. The number of nitrogens with zero attached hydrogens (tertiary/aromatic N) is 3. The van der Waals surface area contributed by atoms with Crippen molar-refractivity contribution in [1.82, 2.24) is 14.5 Å². The maximum Gasteiger partial charge on any atom is 0.255 e. The van der Waals surface area contributed by atoms with Gasteiger partial charge in [-0.25, -0.2) is 4.98 Å². The van der Waals surface area contributed by atoms with E-state index >= 15 is 0 Å². The molecule has 148 valence electrons. The van der Waals surface area contributed by atoms with Crippen molar-refractivity contribution in [3.63, 3.8) is 0 Å². The molecule has 0 atom stereocenters. The fraction of sp³-hybridized carbons (Fsp3) is 0.364. The van der Waals surface area contributed by atoms with E-state index in [1.807, 2.05) is 35.2 Å². The third-order valence-corrected chi connectivity index (χ3v) is 5.31. The number of benzene rings is 2. The van der Waals surface area contributed by atoms with Gasteiger partial charge in [-0.2, -0.15) is 0 Å². The number of halogens is 2. The largest absolute Gasteiger partial charge is 0.331 e. The first kappa shape index (κ1) is 20.7. The fourth-order valence-electron chi connectivity index (χ4n) is 3.32. The first-order valence-electron chi connectivity index (χ1n) is 9.73. The second-order valence-electron chi connectivity index (χ2n) is 6.87. The van der Waals surface area contributed by atoms with Crippen molar-refractivity contribution in [3.8, 4) is 0 Å². The van der Waals surface area contributed by atoms with Crippen LogP contribution in [-0.2, 0) is 13.1 Å². The molecular weight excluding hydrogens is 393 g/mol. The molecule has 0 unspecified atom stereocenters. The molecule has 0 aliphatic carbocycles. The Morgan fingerprint density at radius 1 is 1.11 bits per heavy atom. The smallest absolute Gasteiger partial charge is 0.255 e. The Morgan fingerprint density at radius 2 is 1.89 bits per heavy atom. The molecule has 2 aromatic carbocycles. The molecule has 0 bridgehead atoms. The van der Waals surface area contributed by atoms with E-state index < -0.39 is 0 Å². The molecule has 0 saturated heterocycles. The van der Waals surface area contributed by atoms with Crippen LogP contribution in [0.3, 0.4) is 0 Å². The SMILES string of the molecule is CCCCN(Cc1nc2ccc(Cl)cc2n1CCC)C(=O)c1ccccc1Cl. The third-order valence-electron chi connectivity index (χ3n) is 4.74. The quantitative estimate of drug-likeness (QED) is 0.437. The summed E-state index contributed by atoms with van der Waals surface area (Å²) in [6, 6.07) is 12.9. The minimum Gasteiger partial charge on any atom is -0.331 e. The Balaban J connectivity index is 1.97. The number of unbranched alkanes of at least 4 members (excludes halogenated alkanes) is 1. The number of carbonyl (C=O) groups excluding carboxylic acids is 1. The number of amides is 1. The molecular formula is C22H25Cl2N3O. The zero-order valence-electron chi connectivity index (χ0n) is 16.3. The van der Waals surface area contributed by atoms with Crippen LogP contribution >= 0.6 is 23.2 Å². The molecule has 0 aliphatic rings. The Morgan fingerprint density at radius 3 is 2.61 bits per heavy atom. The van der Waals surface area contributed by atoms with Crippen molar-refractivity contribution in [2.24, 2.45) is 0 Å². The predicted molar refractivity (Wildman–Crippen MR) is 116 cm³/mol. The van der Waals surface area contributed by atoms with E-state index in [2.05, 4.69) is 18.4 Å². The molecule has 3 aromatic rings. The summed E-state index contributed by atoms with van der Waals surface area (Å²) in [5.41, 5.74) is 2.43. The third kappa shape index (κ3) is 4.50. The van der Waals surface area contributed by atoms with Crippen LogP contribution in [0.5, 0.6) is 0 Å². The zero-order valence-corrected chi connectivity index (χ0v) is 17.8. The van der Waals surface area contributed by atoms with Crippen LogP contribution in [0.1, 0.15) is 49.3 Å². The second kappa shape index (κ2) is 9.44. The lowest BCUT2D eigenvalue weighted by molar-refractivity contribution is 0.0735. The average Bonchev–Trinajstić information content (AvgIpc) is 3.02. The van der Waals surface area contributed by atoms with E-state index in [9.17, 15) is 4.79 Å². The molecule has 0 aliphatic heterocycles. The van der Waals surface area contributed by atoms with Crippen LogP contribution in [0.2, 0.25) is 10.0 Å². The van der Waals surface area contributed by atoms with Crippen LogP contribution in [0.4, 0.5) is 0 Å². The normalized spacial score (nSPS) is 11.1. The number of hydrogen-bond donors (Lipinski definition) is 0. The molecule has 28 heavy (non-hydrogen) atoms. The van der Waals surface area contributed by atoms with Crippen molar-refractivity contribution >= 4 is 40.1 Å². The highest BCUT2D eigenvalue weighted by Gasteiger charge is 2.21. The number of imidazole rings is 1. The van der Waals surface area contributed by atoms with Gasteiger partial charge in [-0.3, -0.25) is 4.79 Å². The Kier molecular flexibility index (Phi) is 6.97. The lowest BCUT2D eigenvalue weighted by atomic mass is 10.2. The summed E-state index contributed by atoms with van der Waals surface area (Å²) in [6.07, 6.45) is 2.90. The molecule has 6 heteroatoms.